The molecule has 2 atom stereocenters. The first-order valence-electron chi connectivity index (χ1n) is 6.38. The van der Waals surface area contributed by atoms with Crippen LogP contribution in [0.5, 0.6) is 0 Å². The summed E-state index contributed by atoms with van der Waals surface area (Å²) in [4.78, 5) is 46.5. The minimum Gasteiger partial charge on any atom is -0.480 e. The monoisotopic (exact) mass is 285 g/mol. The number of nitrogens with zero attached hydrogens (tertiary/aromatic N) is 1. The van der Waals surface area contributed by atoms with Crippen molar-refractivity contribution in [1.29, 1.82) is 0 Å². The lowest BCUT2D eigenvalue weighted by molar-refractivity contribution is -0.144. The van der Waals surface area contributed by atoms with Crippen molar-refractivity contribution in [1.82, 2.24) is 10.2 Å². The lowest BCUT2D eigenvalue weighted by atomic mass is 9.96. The molecule has 1 rings (SSSR count). The van der Waals surface area contributed by atoms with Crippen molar-refractivity contribution in [2.24, 2.45) is 11.7 Å². The molecule has 8 heteroatoms. The first-order valence-corrected chi connectivity index (χ1v) is 6.38. The van der Waals surface area contributed by atoms with Crippen LogP contribution >= 0.6 is 0 Å². The number of carbonyl (C=O) groups excluding carboxylic acids is 3. The highest BCUT2D eigenvalue weighted by molar-refractivity contribution is 5.89. The second-order valence-corrected chi connectivity index (χ2v) is 4.87. The normalized spacial score (nSPS) is 20.1. The Balaban J connectivity index is 2.61. The fourth-order valence-electron chi connectivity index (χ4n) is 2.17. The lowest BCUT2D eigenvalue weighted by Gasteiger charge is -2.31. The number of likely N-dealkylation sites (tertiary alicyclic amines) is 1. The van der Waals surface area contributed by atoms with Crippen molar-refractivity contribution in [3.05, 3.63) is 0 Å². The van der Waals surface area contributed by atoms with Crippen LogP contribution in [0.15, 0.2) is 0 Å². The molecule has 0 aliphatic carbocycles. The van der Waals surface area contributed by atoms with Gasteiger partial charge in [-0.05, 0) is 12.8 Å². The number of nitrogens with two attached hydrogens (primary N) is 1. The SMILES string of the molecule is CC(=O)N1CCCC(C(=O)N[C@@H](CC(N)=O)C(=O)O)C1. The van der Waals surface area contributed by atoms with Gasteiger partial charge in [0.05, 0.1) is 12.3 Å². The van der Waals surface area contributed by atoms with Gasteiger partial charge in [-0.25, -0.2) is 4.79 Å². The quantitative estimate of drug-likeness (QED) is 0.577. The smallest absolute Gasteiger partial charge is 0.326 e. The lowest BCUT2D eigenvalue weighted by Crippen LogP contribution is -2.50. The number of nitrogens with one attached hydrogen (secondary N) is 1. The highest BCUT2D eigenvalue weighted by Gasteiger charge is 2.30. The molecule has 1 fully saturated rings. The summed E-state index contributed by atoms with van der Waals surface area (Å²) in [5.41, 5.74) is 4.94. The van der Waals surface area contributed by atoms with Gasteiger partial charge >= 0.3 is 5.97 Å². The zero-order valence-electron chi connectivity index (χ0n) is 11.3. The first-order chi connectivity index (χ1) is 9.31. The fraction of sp³-hybridized carbons (Fsp3) is 0.667. The van der Waals surface area contributed by atoms with Gasteiger partial charge in [-0.1, -0.05) is 0 Å². The van der Waals surface area contributed by atoms with Crippen LogP contribution in [0.25, 0.3) is 0 Å². The number of carboxylic acid groups (broad SMARTS) is 1. The van der Waals surface area contributed by atoms with Gasteiger partial charge in [-0.3, -0.25) is 14.4 Å². The van der Waals surface area contributed by atoms with E-state index in [1.54, 1.807) is 4.90 Å². The van der Waals surface area contributed by atoms with Crippen LogP contribution in [0.2, 0.25) is 0 Å². The maximum Gasteiger partial charge on any atom is 0.326 e. The molecular formula is C12H19N3O5. The van der Waals surface area contributed by atoms with Crippen molar-refractivity contribution >= 4 is 23.7 Å². The molecule has 1 aliphatic heterocycles. The summed E-state index contributed by atoms with van der Waals surface area (Å²) in [6.45, 7) is 2.29. The Morgan fingerprint density at radius 3 is 2.55 bits per heavy atom. The number of hydrogen-bond acceptors (Lipinski definition) is 4. The summed E-state index contributed by atoms with van der Waals surface area (Å²) in [5.74, 6) is -3.15. The highest BCUT2D eigenvalue weighted by Crippen LogP contribution is 2.17. The molecule has 8 nitrogen and oxygen atoms in total. The summed E-state index contributed by atoms with van der Waals surface area (Å²) < 4.78 is 0. The van der Waals surface area contributed by atoms with Gasteiger partial charge in [0.2, 0.25) is 17.7 Å². The van der Waals surface area contributed by atoms with Gasteiger partial charge in [0.25, 0.3) is 0 Å². The number of primary amides is 1. The Kier molecular flexibility index (Phi) is 5.48. The van der Waals surface area contributed by atoms with Crippen LogP contribution < -0.4 is 11.1 Å². The van der Waals surface area contributed by atoms with Gasteiger partial charge in [0.1, 0.15) is 6.04 Å². The Bertz CT molecular complexity index is 423. The van der Waals surface area contributed by atoms with Crippen molar-refractivity contribution in [2.45, 2.75) is 32.2 Å². The highest BCUT2D eigenvalue weighted by atomic mass is 16.4. The molecule has 1 saturated heterocycles. The largest absolute Gasteiger partial charge is 0.480 e. The molecule has 112 valence electrons. The average molecular weight is 285 g/mol. The number of hydrogen-bond donors (Lipinski definition) is 3. The van der Waals surface area contributed by atoms with Crippen LogP contribution in [0.1, 0.15) is 26.2 Å². The number of amides is 3. The van der Waals surface area contributed by atoms with Crippen molar-refractivity contribution in [3.63, 3.8) is 0 Å². The number of aliphatic carboxylic acids is 1. The molecule has 0 aromatic rings. The summed E-state index contributed by atoms with van der Waals surface area (Å²) in [6.07, 6.45) is 0.813. The number of piperidine rings is 1. The van der Waals surface area contributed by atoms with Gasteiger partial charge < -0.3 is 21.1 Å². The molecule has 4 N–H and O–H groups in total. The van der Waals surface area contributed by atoms with Gasteiger partial charge in [-0.2, -0.15) is 0 Å². The summed E-state index contributed by atoms with van der Waals surface area (Å²) in [7, 11) is 0. The molecule has 0 bridgehead atoms. The minimum atomic E-state index is -1.33. The minimum absolute atomic E-state index is 0.116. The number of rotatable bonds is 5. The van der Waals surface area contributed by atoms with E-state index in [1.165, 1.54) is 6.92 Å². The van der Waals surface area contributed by atoms with Crippen molar-refractivity contribution < 1.29 is 24.3 Å². The zero-order valence-corrected chi connectivity index (χ0v) is 11.3. The van der Waals surface area contributed by atoms with Crippen LogP contribution in [0.4, 0.5) is 0 Å². The number of carbonyl (C=O) groups is 4. The third kappa shape index (κ3) is 4.52. The molecule has 0 saturated carbocycles. The topological polar surface area (TPSA) is 130 Å². The summed E-state index contributed by atoms with van der Waals surface area (Å²) >= 11 is 0. The van der Waals surface area contributed by atoms with Gasteiger partial charge in [-0.15, -0.1) is 0 Å². The van der Waals surface area contributed by atoms with Crippen molar-refractivity contribution in [3.8, 4) is 0 Å². The molecule has 0 radical (unpaired) electrons. The van der Waals surface area contributed by atoms with Crippen LogP contribution in [-0.2, 0) is 19.2 Å². The van der Waals surface area contributed by atoms with E-state index < -0.39 is 36.2 Å². The maximum absolute atomic E-state index is 12.0. The average Bonchev–Trinajstić information content (AvgIpc) is 2.37. The Morgan fingerprint density at radius 2 is 2.05 bits per heavy atom. The van der Waals surface area contributed by atoms with Crippen LogP contribution in [0.3, 0.4) is 0 Å². The Hall–Kier alpha value is -2.12. The van der Waals surface area contributed by atoms with E-state index in [9.17, 15) is 19.2 Å². The first kappa shape index (κ1) is 15.9. The van der Waals surface area contributed by atoms with E-state index in [0.717, 1.165) is 0 Å². The molecule has 0 aromatic carbocycles. The second kappa shape index (κ2) is 6.88. The fourth-order valence-corrected chi connectivity index (χ4v) is 2.17. The molecule has 1 unspecified atom stereocenters. The molecule has 3 amide bonds. The van der Waals surface area contributed by atoms with Crippen molar-refractivity contribution in [2.75, 3.05) is 13.1 Å². The predicted molar refractivity (Wildman–Crippen MR) is 68.4 cm³/mol. The number of carboxylic acids is 1. The van der Waals surface area contributed by atoms with Gasteiger partial charge in [0, 0.05) is 20.0 Å². The third-order valence-corrected chi connectivity index (χ3v) is 3.26. The molecular weight excluding hydrogens is 266 g/mol. The Labute approximate surface area is 116 Å². The summed E-state index contributed by atoms with van der Waals surface area (Å²) in [6, 6.07) is -1.33. The molecule has 20 heavy (non-hydrogen) atoms. The standard InChI is InChI=1S/C12H19N3O5/c1-7(16)15-4-2-3-8(6-15)11(18)14-9(12(19)20)5-10(13)17/h8-9H,2-6H2,1H3,(H2,13,17)(H,14,18)(H,19,20)/t8?,9-/m0/s1. The van der Waals surface area contributed by atoms with E-state index in [4.69, 9.17) is 10.8 Å². The Morgan fingerprint density at radius 1 is 1.40 bits per heavy atom. The second-order valence-electron chi connectivity index (χ2n) is 4.87. The maximum atomic E-state index is 12.0. The molecule has 1 heterocycles. The van der Waals surface area contributed by atoms with E-state index >= 15 is 0 Å². The molecule has 1 aliphatic rings. The predicted octanol–water partition coefficient (Wildman–Crippen LogP) is -1.31. The van der Waals surface area contributed by atoms with E-state index in [2.05, 4.69) is 5.32 Å². The molecule has 0 spiro atoms. The van der Waals surface area contributed by atoms with Crippen LogP contribution in [-0.4, -0.2) is 52.8 Å². The third-order valence-electron chi connectivity index (χ3n) is 3.26. The molecule has 0 aromatic heterocycles. The summed E-state index contributed by atoms with van der Waals surface area (Å²) in [5, 5.41) is 11.2. The van der Waals surface area contributed by atoms with E-state index in [0.29, 0.717) is 19.4 Å². The van der Waals surface area contributed by atoms with Crippen LogP contribution in [0, 0.1) is 5.92 Å². The van der Waals surface area contributed by atoms with E-state index in [1.807, 2.05) is 0 Å². The van der Waals surface area contributed by atoms with Gasteiger partial charge in [0.15, 0.2) is 0 Å². The van der Waals surface area contributed by atoms with E-state index in [-0.39, 0.29) is 12.5 Å². The zero-order chi connectivity index (χ0) is 15.3.